The largest absolute Gasteiger partial charge is 0.494 e. The van der Waals surface area contributed by atoms with Gasteiger partial charge in [0.1, 0.15) is 29.1 Å². The summed E-state index contributed by atoms with van der Waals surface area (Å²) < 4.78 is 50.7. The highest BCUT2D eigenvalue weighted by molar-refractivity contribution is 6.32. The lowest BCUT2D eigenvalue weighted by Gasteiger charge is -2.16. The number of hydrogen-bond acceptors (Lipinski definition) is 6. The van der Waals surface area contributed by atoms with Gasteiger partial charge >= 0.3 is 12.1 Å². The summed E-state index contributed by atoms with van der Waals surface area (Å²) in [5.41, 5.74) is -0.222. The summed E-state index contributed by atoms with van der Waals surface area (Å²) in [6.07, 6.45) is -3.03. The van der Waals surface area contributed by atoms with Crippen LogP contribution in [0.15, 0.2) is 84.9 Å². The molecule has 1 aliphatic rings. The fourth-order valence-electron chi connectivity index (χ4n) is 4.43. The third kappa shape index (κ3) is 6.91. The van der Waals surface area contributed by atoms with Gasteiger partial charge in [0.25, 0.3) is 0 Å². The van der Waals surface area contributed by atoms with Crippen molar-refractivity contribution in [3.63, 3.8) is 0 Å². The van der Waals surface area contributed by atoms with Gasteiger partial charge in [0.2, 0.25) is 6.10 Å². The lowest BCUT2D eigenvalue weighted by Crippen LogP contribution is -2.21. The van der Waals surface area contributed by atoms with E-state index in [-0.39, 0.29) is 10.8 Å². The van der Waals surface area contributed by atoms with Crippen molar-refractivity contribution in [1.29, 1.82) is 5.26 Å². The Morgan fingerprint density at radius 1 is 1.07 bits per heavy atom. The Balaban J connectivity index is 1.40. The SMILES string of the molecule is CCOc1ccc(OC(F)(F)C=CC2C(C(=O)OC(C#N)c3cccc(Oc4ccccc4)c3)C2(C)C)c(Cl)c1. The molecule has 40 heavy (non-hydrogen) atoms. The van der Waals surface area contributed by atoms with E-state index in [4.69, 9.17) is 30.5 Å². The van der Waals surface area contributed by atoms with Gasteiger partial charge in [-0.25, -0.2) is 0 Å². The van der Waals surface area contributed by atoms with Crippen LogP contribution in [-0.4, -0.2) is 18.7 Å². The van der Waals surface area contributed by atoms with Gasteiger partial charge in [0, 0.05) is 17.7 Å². The fourth-order valence-corrected chi connectivity index (χ4v) is 4.64. The van der Waals surface area contributed by atoms with E-state index in [1.807, 2.05) is 24.3 Å². The Kier molecular flexibility index (Phi) is 8.65. The van der Waals surface area contributed by atoms with Gasteiger partial charge in [0.05, 0.1) is 17.5 Å². The minimum absolute atomic E-state index is 0.0204. The Labute approximate surface area is 236 Å². The minimum Gasteiger partial charge on any atom is -0.494 e. The van der Waals surface area contributed by atoms with Gasteiger partial charge in [-0.3, -0.25) is 4.79 Å². The van der Waals surface area contributed by atoms with Crippen LogP contribution in [0.2, 0.25) is 5.02 Å². The quantitative estimate of drug-likeness (QED) is 0.172. The van der Waals surface area contributed by atoms with E-state index in [1.165, 1.54) is 24.3 Å². The Morgan fingerprint density at radius 3 is 2.48 bits per heavy atom. The van der Waals surface area contributed by atoms with Crippen LogP contribution in [0.4, 0.5) is 8.78 Å². The van der Waals surface area contributed by atoms with Gasteiger partial charge in [-0.05, 0) is 54.7 Å². The number of nitriles is 1. The van der Waals surface area contributed by atoms with Crippen LogP contribution in [0.3, 0.4) is 0 Å². The number of esters is 1. The number of alkyl halides is 2. The first-order valence-electron chi connectivity index (χ1n) is 12.7. The van der Waals surface area contributed by atoms with Gasteiger partial charge in [0.15, 0.2) is 0 Å². The summed E-state index contributed by atoms with van der Waals surface area (Å²) in [6.45, 7) is 5.73. The zero-order chi connectivity index (χ0) is 28.9. The van der Waals surface area contributed by atoms with Crippen LogP contribution in [0.25, 0.3) is 0 Å². The lowest BCUT2D eigenvalue weighted by molar-refractivity contribution is -0.149. The summed E-state index contributed by atoms with van der Waals surface area (Å²) in [6, 6.07) is 22.0. The molecule has 0 amide bonds. The maximum atomic E-state index is 14.6. The molecule has 0 aliphatic heterocycles. The number of carbonyl (C=O) groups is 1. The van der Waals surface area contributed by atoms with Gasteiger partial charge in [-0.1, -0.05) is 61.9 Å². The van der Waals surface area contributed by atoms with Gasteiger partial charge in [-0.2, -0.15) is 14.0 Å². The molecule has 3 aromatic rings. The standard InChI is InChI=1S/C31H28ClF2NO5/c1-4-37-22-13-14-26(25(32)18-22)40-31(33,34)16-15-24-28(30(24,2)3)29(36)39-27(19-35)20-9-8-12-23(17-20)38-21-10-6-5-7-11-21/h5-18,24,27-28H,4H2,1-3H3. The Hall–Kier alpha value is -4.09. The second kappa shape index (κ2) is 12.0. The van der Waals surface area contributed by atoms with Crippen molar-refractivity contribution in [1.82, 2.24) is 0 Å². The zero-order valence-electron chi connectivity index (χ0n) is 22.1. The average Bonchev–Trinajstić information content (AvgIpc) is 3.48. The van der Waals surface area contributed by atoms with Crippen LogP contribution in [0, 0.1) is 28.6 Å². The number of halogens is 3. The molecule has 3 atom stereocenters. The molecule has 3 unspecified atom stereocenters. The molecule has 9 heteroatoms. The third-order valence-electron chi connectivity index (χ3n) is 6.61. The highest BCUT2D eigenvalue weighted by atomic mass is 35.5. The molecule has 0 bridgehead atoms. The molecule has 1 fully saturated rings. The molecule has 208 valence electrons. The molecule has 4 rings (SSSR count). The van der Waals surface area contributed by atoms with Crippen LogP contribution in [-0.2, 0) is 9.53 Å². The summed E-state index contributed by atoms with van der Waals surface area (Å²) in [7, 11) is 0. The van der Waals surface area contributed by atoms with Crippen molar-refractivity contribution in [2.45, 2.75) is 33.0 Å². The first-order chi connectivity index (χ1) is 19.0. The maximum Gasteiger partial charge on any atom is 0.419 e. The summed E-state index contributed by atoms with van der Waals surface area (Å²) in [5.74, 6) is -0.593. The summed E-state index contributed by atoms with van der Waals surface area (Å²) in [4.78, 5) is 13.0. The molecular formula is C31H28ClF2NO5. The number of rotatable bonds is 11. The van der Waals surface area contributed by atoms with E-state index < -0.39 is 35.4 Å². The molecule has 0 N–H and O–H groups in total. The number of ether oxygens (including phenoxy) is 4. The smallest absolute Gasteiger partial charge is 0.419 e. The van der Waals surface area contributed by atoms with Crippen LogP contribution in [0.1, 0.15) is 32.4 Å². The molecule has 1 aliphatic carbocycles. The van der Waals surface area contributed by atoms with Gasteiger partial charge < -0.3 is 18.9 Å². The van der Waals surface area contributed by atoms with Crippen molar-refractivity contribution in [2.24, 2.45) is 17.3 Å². The topological polar surface area (TPSA) is 77.8 Å². The van der Waals surface area contributed by atoms with Crippen LogP contribution in [0.5, 0.6) is 23.0 Å². The normalized spacial score (nSPS) is 18.4. The molecule has 6 nitrogen and oxygen atoms in total. The molecule has 3 aromatic carbocycles. The monoisotopic (exact) mass is 567 g/mol. The lowest BCUT2D eigenvalue weighted by atomic mass is 10.1. The van der Waals surface area contributed by atoms with Crippen LogP contribution >= 0.6 is 11.6 Å². The second-order valence-electron chi connectivity index (χ2n) is 9.81. The van der Waals surface area contributed by atoms with E-state index in [1.54, 1.807) is 57.2 Å². The van der Waals surface area contributed by atoms with E-state index in [2.05, 4.69) is 0 Å². The van der Waals surface area contributed by atoms with Crippen molar-refractivity contribution in [2.75, 3.05) is 6.61 Å². The first-order valence-corrected chi connectivity index (χ1v) is 13.0. The average molecular weight is 568 g/mol. The number of carbonyl (C=O) groups excluding carboxylic acids is 1. The predicted molar refractivity (Wildman–Crippen MR) is 146 cm³/mol. The molecular weight excluding hydrogens is 540 g/mol. The molecule has 0 heterocycles. The first kappa shape index (κ1) is 28.9. The number of benzene rings is 3. The van der Waals surface area contributed by atoms with Crippen molar-refractivity contribution < 1.29 is 32.5 Å². The van der Waals surface area contributed by atoms with Crippen molar-refractivity contribution >= 4 is 17.6 Å². The fraction of sp³-hybridized carbons (Fsp3) is 0.290. The number of para-hydroxylation sites is 1. The highest BCUT2D eigenvalue weighted by Crippen LogP contribution is 2.60. The van der Waals surface area contributed by atoms with Crippen molar-refractivity contribution in [3.05, 3.63) is 95.5 Å². The molecule has 0 aromatic heterocycles. The van der Waals surface area contributed by atoms with E-state index >= 15 is 0 Å². The molecule has 1 saturated carbocycles. The third-order valence-corrected chi connectivity index (χ3v) is 6.91. The molecule has 0 spiro atoms. The van der Waals surface area contributed by atoms with Gasteiger partial charge in [-0.15, -0.1) is 0 Å². The number of allylic oxidation sites excluding steroid dienone is 1. The Bertz CT molecular complexity index is 1420. The number of hydrogen-bond donors (Lipinski definition) is 0. The minimum atomic E-state index is -3.68. The van der Waals surface area contributed by atoms with E-state index in [0.717, 1.165) is 0 Å². The molecule has 0 saturated heterocycles. The Morgan fingerprint density at radius 2 is 1.80 bits per heavy atom. The second-order valence-corrected chi connectivity index (χ2v) is 10.2. The predicted octanol–water partition coefficient (Wildman–Crippen LogP) is 8.14. The number of nitrogens with zero attached hydrogens (tertiary/aromatic N) is 1. The van der Waals surface area contributed by atoms with Crippen LogP contribution < -0.4 is 14.2 Å². The zero-order valence-corrected chi connectivity index (χ0v) is 22.9. The van der Waals surface area contributed by atoms with Crippen molar-refractivity contribution in [3.8, 4) is 29.1 Å². The highest BCUT2D eigenvalue weighted by Gasteiger charge is 2.62. The maximum absolute atomic E-state index is 14.6. The summed E-state index contributed by atoms with van der Waals surface area (Å²) in [5, 5.41) is 9.69. The van der Waals surface area contributed by atoms with E-state index in [0.29, 0.717) is 35.5 Å². The summed E-state index contributed by atoms with van der Waals surface area (Å²) >= 11 is 6.06. The molecule has 0 radical (unpaired) electrons. The van der Waals surface area contributed by atoms with E-state index in [9.17, 15) is 18.8 Å².